The monoisotopic (exact) mass is 266 g/mol. The van der Waals surface area contributed by atoms with Crippen LogP contribution < -0.4 is 5.32 Å². The van der Waals surface area contributed by atoms with Crippen LogP contribution in [-0.2, 0) is 5.54 Å². The predicted octanol–water partition coefficient (Wildman–Crippen LogP) is 4.10. The van der Waals surface area contributed by atoms with Gasteiger partial charge in [0.2, 0.25) is 0 Å². The Morgan fingerprint density at radius 3 is 2.39 bits per heavy atom. The molecule has 0 aliphatic heterocycles. The summed E-state index contributed by atoms with van der Waals surface area (Å²) < 4.78 is 0. The molecule has 0 bridgehead atoms. The fourth-order valence-electron chi connectivity index (χ4n) is 3.61. The van der Waals surface area contributed by atoms with E-state index in [0.29, 0.717) is 6.04 Å². The molecule has 0 saturated heterocycles. The first-order valence-corrected chi connectivity index (χ1v) is 7.99. The molecule has 1 saturated carbocycles. The molecule has 1 aliphatic rings. The molecule has 2 rings (SSSR count). The SMILES string of the molecule is Cc1csc(C2(NC(C)C)CC(C)CC(C)C2)n1. The maximum absolute atomic E-state index is 4.78. The summed E-state index contributed by atoms with van der Waals surface area (Å²) in [5.41, 5.74) is 1.27. The average molecular weight is 266 g/mol. The van der Waals surface area contributed by atoms with E-state index in [9.17, 15) is 0 Å². The Labute approximate surface area is 115 Å². The highest BCUT2D eigenvalue weighted by molar-refractivity contribution is 7.09. The first kappa shape index (κ1) is 14.0. The molecule has 2 nitrogen and oxygen atoms in total. The summed E-state index contributed by atoms with van der Waals surface area (Å²) in [6.45, 7) is 11.3. The molecular formula is C15H26N2S. The van der Waals surface area contributed by atoms with Crippen LogP contribution in [0, 0.1) is 18.8 Å². The van der Waals surface area contributed by atoms with Gasteiger partial charge in [0, 0.05) is 17.1 Å². The second kappa shape index (κ2) is 5.30. The number of aromatic nitrogens is 1. The van der Waals surface area contributed by atoms with Gasteiger partial charge in [-0.05, 0) is 51.9 Å². The third kappa shape index (κ3) is 2.94. The van der Waals surface area contributed by atoms with Crippen molar-refractivity contribution in [2.45, 2.75) is 65.5 Å². The number of rotatable bonds is 3. The van der Waals surface area contributed by atoms with Crippen molar-refractivity contribution >= 4 is 11.3 Å². The van der Waals surface area contributed by atoms with E-state index in [1.165, 1.54) is 24.3 Å². The maximum Gasteiger partial charge on any atom is 0.113 e. The summed E-state index contributed by atoms with van der Waals surface area (Å²) in [5.74, 6) is 1.56. The summed E-state index contributed by atoms with van der Waals surface area (Å²) in [4.78, 5) is 4.78. The molecule has 1 N–H and O–H groups in total. The van der Waals surface area contributed by atoms with Crippen molar-refractivity contribution in [1.82, 2.24) is 10.3 Å². The lowest BCUT2D eigenvalue weighted by Crippen LogP contribution is -2.50. The van der Waals surface area contributed by atoms with E-state index < -0.39 is 0 Å². The van der Waals surface area contributed by atoms with Crippen molar-refractivity contribution in [3.05, 3.63) is 16.1 Å². The van der Waals surface area contributed by atoms with Gasteiger partial charge in [-0.1, -0.05) is 13.8 Å². The lowest BCUT2D eigenvalue weighted by atomic mass is 9.71. The maximum atomic E-state index is 4.78. The summed E-state index contributed by atoms with van der Waals surface area (Å²) in [7, 11) is 0. The van der Waals surface area contributed by atoms with E-state index in [-0.39, 0.29) is 5.54 Å². The van der Waals surface area contributed by atoms with Crippen molar-refractivity contribution in [3.63, 3.8) is 0 Å². The molecule has 102 valence electrons. The van der Waals surface area contributed by atoms with Crippen molar-refractivity contribution in [2.75, 3.05) is 0 Å². The highest BCUT2D eigenvalue weighted by Crippen LogP contribution is 2.43. The van der Waals surface area contributed by atoms with Crippen LogP contribution in [0.15, 0.2) is 5.38 Å². The van der Waals surface area contributed by atoms with Crippen LogP contribution in [0.1, 0.15) is 57.7 Å². The van der Waals surface area contributed by atoms with Crippen LogP contribution in [-0.4, -0.2) is 11.0 Å². The van der Waals surface area contributed by atoms with Crippen molar-refractivity contribution in [3.8, 4) is 0 Å². The number of aryl methyl sites for hydroxylation is 1. The molecule has 18 heavy (non-hydrogen) atoms. The van der Waals surface area contributed by atoms with Crippen LogP contribution in [0.2, 0.25) is 0 Å². The second-order valence-electron chi connectivity index (χ2n) is 6.53. The largest absolute Gasteiger partial charge is 0.303 e. The Morgan fingerprint density at radius 2 is 1.94 bits per heavy atom. The minimum absolute atomic E-state index is 0.115. The molecule has 1 aromatic rings. The smallest absolute Gasteiger partial charge is 0.113 e. The van der Waals surface area contributed by atoms with Gasteiger partial charge in [0.1, 0.15) is 5.01 Å². The normalized spacial score (nSPS) is 33.0. The molecule has 0 radical (unpaired) electrons. The first-order chi connectivity index (χ1) is 8.41. The number of nitrogens with one attached hydrogen (secondary N) is 1. The van der Waals surface area contributed by atoms with Gasteiger partial charge in [-0.15, -0.1) is 11.3 Å². The minimum atomic E-state index is 0.115. The van der Waals surface area contributed by atoms with Crippen molar-refractivity contribution in [1.29, 1.82) is 0 Å². The second-order valence-corrected chi connectivity index (χ2v) is 7.39. The Hall–Kier alpha value is -0.410. The van der Waals surface area contributed by atoms with Crippen LogP contribution in [0.4, 0.5) is 0 Å². The van der Waals surface area contributed by atoms with E-state index >= 15 is 0 Å². The summed E-state index contributed by atoms with van der Waals surface area (Å²) in [6.07, 6.45) is 3.80. The third-order valence-corrected chi connectivity index (χ3v) is 4.96. The highest BCUT2D eigenvalue weighted by atomic mass is 32.1. The quantitative estimate of drug-likeness (QED) is 0.891. The fourth-order valence-corrected chi connectivity index (χ4v) is 4.59. The van der Waals surface area contributed by atoms with Gasteiger partial charge in [0.25, 0.3) is 0 Å². The van der Waals surface area contributed by atoms with Gasteiger partial charge in [0.05, 0.1) is 5.54 Å². The topological polar surface area (TPSA) is 24.9 Å². The van der Waals surface area contributed by atoms with E-state index in [4.69, 9.17) is 4.98 Å². The first-order valence-electron chi connectivity index (χ1n) is 7.11. The van der Waals surface area contributed by atoms with E-state index in [0.717, 1.165) is 17.5 Å². The van der Waals surface area contributed by atoms with Crippen LogP contribution >= 0.6 is 11.3 Å². The summed E-state index contributed by atoms with van der Waals surface area (Å²) in [6, 6.07) is 0.506. The van der Waals surface area contributed by atoms with Crippen LogP contribution in [0.3, 0.4) is 0 Å². The lowest BCUT2D eigenvalue weighted by Gasteiger charge is -2.43. The van der Waals surface area contributed by atoms with Gasteiger partial charge in [0.15, 0.2) is 0 Å². The molecule has 2 unspecified atom stereocenters. The molecule has 0 spiro atoms. The van der Waals surface area contributed by atoms with E-state index in [1.54, 1.807) is 0 Å². The van der Waals surface area contributed by atoms with Gasteiger partial charge in [-0.25, -0.2) is 4.98 Å². The standard InChI is InChI=1S/C15H26N2S/c1-10(2)17-15(14-16-13(5)9-18-14)7-11(3)6-12(4)8-15/h9-12,17H,6-8H2,1-5H3. The van der Waals surface area contributed by atoms with Crippen molar-refractivity contribution < 1.29 is 0 Å². The van der Waals surface area contributed by atoms with Gasteiger partial charge in [-0.3, -0.25) is 0 Å². The highest BCUT2D eigenvalue weighted by Gasteiger charge is 2.41. The fraction of sp³-hybridized carbons (Fsp3) is 0.800. The number of thiazole rings is 1. The molecule has 1 aliphatic carbocycles. The third-order valence-electron chi connectivity index (χ3n) is 3.79. The molecule has 1 aromatic heterocycles. The van der Waals surface area contributed by atoms with Crippen LogP contribution in [0.5, 0.6) is 0 Å². The summed E-state index contributed by atoms with van der Waals surface area (Å²) in [5, 5.41) is 7.32. The minimum Gasteiger partial charge on any atom is -0.303 e. The Bertz CT molecular complexity index is 381. The zero-order valence-electron chi connectivity index (χ0n) is 12.3. The molecule has 2 atom stereocenters. The average Bonchev–Trinajstić information content (AvgIpc) is 2.62. The lowest BCUT2D eigenvalue weighted by molar-refractivity contribution is 0.133. The number of hydrogen-bond donors (Lipinski definition) is 1. The molecule has 1 heterocycles. The van der Waals surface area contributed by atoms with Gasteiger partial charge in [-0.2, -0.15) is 0 Å². The zero-order chi connectivity index (χ0) is 13.3. The van der Waals surface area contributed by atoms with Gasteiger partial charge >= 0.3 is 0 Å². The molecule has 0 aromatic carbocycles. The Balaban J connectivity index is 2.33. The molecular weight excluding hydrogens is 240 g/mol. The number of nitrogens with zero attached hydrogens (tertiary/aromatic N) is 1. The van der Waals surface area contributed by atoms with E-state index in [2.05, 4.69) is 45.3 Å². The number of hydrogen-bond acceptors (Lipinski definition) is 3. The molecule has 3 heteroatoms. The van der Waals surface area contributed by atoms with Crippen LogP contribution in [0.25, 0.3) is 0 Å². The van der Waals surface area contributed by atoms with E-state index in [1.807, 2.05) is 11.3 Å². The molecule has 0 amide bonds. The van der Waals surface area contributed by atoms with Gasteiger partial charge < -0.3 is 5.32 Å². The van der Waals surface area contributed by atoms with Crippen molar-refractivity contribution in [2.24, 2.45) is 11.8 Å². The predicted molar refractivity (Wildman–Crippen MR) is 79.0 cm³/mol. The Kier molecular flexibility index (Phi) is 4.12. The molecule has 1 fully saturated rings. The Morgan fingerprint density at radius 1 is 1.33 bits per heavy atom. The zero-order valence-corrected chi connectivity index (χ0v) is 13.1. The summed E-state index contributed by atoms with van der Waals surface area (Å²) >= 11 is 1.83.